The smallest absolute Gasteiger partial charge is 0.119 e. The molecule has 2 atom stereocenters. The van der Waals surface area contributed by atoms with Gasteiger partial charge >= 0.3 is 0 Å². The second-order valence-electron chi connectivity index (χ2n) is 8.28. The Bertz CT molecular complexity index is 611. The molecule has 0 aromatic heterocycles. The Morgan fingerprint density at radius 1 is 1.08 bits per heavy atom. The molecule has 0 amide bonds. The number of piperazine rings is 1. The van der Waals surface area contributed by atoms with E-state index in [9.17, 15) is 0 Å². The highest BCUT2D eigenvalue weighted by atomic mass is 16.5. The SMILES string of the molecule is COc1ccc(N2CCN(CC3=CC[C@@H]4C[C@H]3C4(C)C)CC2)cc1. The van der Waals surface area contributed by atoms with E-state index >= 15 is 0 Å². The van der Waals surface area contributed by atoms with Crippen molar-refractivity contribution in [3.63, 3.8) is 0 Å². The summed E-state index contributed by atoms with van der Waals surface area (Å²) in [5.74, 6) is 2.72. The number of benzene rings is 1. The molecule has 1 saturated heterocycles. The van der Waals surface area contributed by atoms with E-state index in [0.29, 0.717) is 5.41 Å². The molecule has 2 fully saturated rings. The number of ether oxygens (including phenoxy) is 1. The highest BCUT2D eigenvalue weighted by Gasteiger charge is 2.51. The summed E-state index contributed by atoms with van der Waals surface area (Å²) in [6.45, 7) is 10.7. The van der Waals surface area contributed by atoms with Gasteiger partial charge in [0.2, 0.25) is 0 Å². The van der Waals surface area contributed by atoms with Crippen LogP contribution in [0.3, 0.4) is 0 Å². The Hall–Kier alpha value is -1.48. The van der Waals surface area contributed by atoms with Gasteiger partial charge in [-0.2, -0.15) is 0 Å². The zero-order chi connectivity index (χ0) is 16.7. The lowest BCUT2D eigenvalue weighted by atomic mass is 9.49. The maximum Gasteiger partial charge on any atom is 0.119 e. The molecule has 1 aromatic rings. The minimum atomic E-state index is 0.551. The highest BCUT2D eigenvalue weighted by molar-refractivity contribution is 5.49. The standard InChI is InChI=1S/C21H30N2O/c1-21(2)17-5-4-16(20(21)14-17)15-22-10-12-23(13-11-22)18-6-8-19(24-3)9-7-18/h4,6-9,17,20H,5,10-15H2,1-3H3/t17-,20-/m1/s1. The molecule has 3 nitrogen and oxygen atoms in total. The monoisotopic (exact) mass is 326 g/mol. The quantitative estimate of drug-likeness (QED) is 0.783. The van der Waals surface area contributed by atoms with Crippen molar-refractivity contribution in [2.45, 2.75) is 26.7 Å². The Morgan fingerprint density at radius 2 is 1.79 bits per heavy atom. The third kappa shape index (κ3) is 2.73. The summed E-state index contributed by atoms with van der Waals surface area (Å²) in [6.07, 6.45) is 5.30. The van der Waals surface area contributed by atoms with E-state index < -0.39 is 0 Å². The largest absolute Gasteiger partial charge is 0.497 e. The fourth-order valence-corrected chi connectivity index (χ4v) is 4.87. The number of rotatable bonds is 4. The summed E-state index contributed by atoms with van der Waals surface area (Å²) in [5, 5.41) is 0. The molecule has 3 aliphatic carbocycles. The molecule has 130 valence electrons. The van der Waals surface area contributed by atoms with Gasteiger partial charge in [0.05, 0.1) is 7.11 Å². The molecule has 0 unspecified atom stereocenters. The summed E-state index contributed by atoms with van der Waals surface area (Å²) in [5.41, 5.74) is 3.59. The van der Waals surface area contributed by atoms with Crippen molar-refractivity contribution in [3.8, 4) is 5.75 Å². The molecule has 0 spiro atoms. The second-order valence-corrected chi connectivity index (χ2v) is 8.28. The molecule has 0 N–H and O–H groups in total. The van der Waals surface area contributed by atoms with Gasteiger partial charge in [0.15, 0.2) is 0 Å². The van der Waals surface area contributed by atoms with E-state index in [2.05, 4.69) is 54.0 Å². The van der Waals surface area contributed by atoms with Gasteiger partial charge in [-0.25, -0.2) is 0 Å². The maximum absolute atomic E-state index is 5.26. The van der Waals surface area contributed by atoms with E-state index in [1.54, 1.807) is 12.7 Å². The van der Waals surface area contributed by atoms with Crippen molar-refractivity contribution in [1.82, 2.24) is 4.90 Å². The predicted octanol–water partition coefficient (Wildman–Crippen LogP) is 3.81. The molecule has 3 heteroatoms. The first-order valence-corrected chi connectivity index (χ1v) is 9.38. The van der Waals surface area contributed by atoms with Crippen LogP contribution in [-0.2, 0) is 0 Å². The van der Waals surface area contributed by atoms with Crippen LogP contribution in [0.2, 0.25) is 0 Å². The number of hydrogen-bond acceptors (Lipinski definition) is 3. The summed E-state index contributed by atoms with van der Waals surface area (Å²) >= 11 is 0. The number of hydrogen-bond donors (Lipinski definition) is 0. The first kappa shape index (κ1) is 16.0. The molecule has 24 heavy (non-hydrogen) atoms. The van der Waals surface area contributed by atoms with Gasteiger partial charge in [-0.15, -0.1) is 0 Å². The first-order chi connectivity index (χ1) is 11.6. The van der Waals surface area contributed by atoms with Crippen LogP contribution >= 0.6 is 0 Å². The van der Waals surface area contributed by atoms with Gasteiger partial charge < -0.3 is 9.64 Å². The molecule has 1 aliphatic heterocycles. The minimum absolute atomic E-state index is 0.551. The van der Waals surface area contributed by atoms with E-state index in [1.165, 1.54) is 38.2 Å². The normalized spacial score (nSPS) is 29.0. The molecule has 4 aliphatic rings. The Labute approximate surface area is 146 Å². The lowest BCUT2D eigenvalue weighted by Gasteiger charge is -2.57. The average molecular weight is 326 g/mol. The van der Waals surface area contributed by atoms with Crippen LogP contribution in [-0.4, -0.2) is 44.7 Å². The Morgan fingerprint density at radius 3 is 2.38 bits per heavy atom. The van der Waals surface area contributed by atoms with Crippen LogP contribution < -0.4 is 9.64 Å². The lowest BCUT2D eigenvalue weighted by molar-refractivity contribution is -0.0107. The van der Waals surface area contributed by atoms with Gasteiger partial charge in [0.1, 0.15) is 5.75 Å². The molecule has 1 aromatic carbocycles. The van der Waals surface area contributed by atoms with E-state index in [4.69, 9.17) is 4.74 Å². The third-order valence-electron chi connectivity index (χ3n) is 6.80. The number of fused-ring (bicyclic) bond motifs is 1. The summed E-state index contributed by atoms with van der Waals surface area (Å²) in [4.78, 5) is 5.15. The zero-order valence-corrected chi connectivity index (χ0v) is 15.3. The van der Waals surface area contributed by atoms with Crippen molar-refractivity contribution in [2.24, 2.45) is 17.3 Å². The molecular weight excluding hydrogens is 296 g/mol. The number of anilines is 1. The molecule has 1 heterocycles. The van der Waals surface area contributed by atoms with Crippen LogP contribution in [0, 0.1) is 17.3 Å². The molecular formula is C21H30N2O. The van der Waals surface area contributed by atoms with Gasteiger partial charge in [0.25, 0.3) is 0 Å². The fraction of sp³-hybridized carbons (Fsp3) is 0.619. The van der Waals surface area contributed by atoms with Crippen molar-refractivity contribution < 1.29 is 4.74 Å². The van der Waals surface area contributed by atoms with Crippen molar-refractivity contribution in [3.05, 3.63) is 35.9 Å². The van der Waals surface area contributed by atoms with E-state index in [-0.39, 0.29) is 0 Å². The van der Waals surface area contributed by atoms with Crippen LogP contribution in [0.15, 0.2) is 35.9 Å². The first-order valence-electron chi connectivity index (χ1n) is 9.38. The average Bonchev–Trinajstić information content (AvgIpc) is 2.62. The van der Waals surface area contributed by atoms with Crippen molar-refractivity contribution >= 4 is 5.69 Å². The molecule has 0 radical (unpaired) electrons. The summed E-state index contributed by atoms with van der Waals surface area (Å²) < 4.78 is 5.26. The topological polar surface area (TPSA) is 15.7 Å². The number of nitrogens with zero attached hydrogens (tertiary/aromatic N) is 2. The number of allylic oxidation sites excluding steroid dienone is 1. The predicted molar refractivity (Wildman–Crippen MR) is 99.7 cm³/mol. The maximum atomic E-state index is 5.26. The fourth-order valence-electron chi connectivity index (χ4n) is 4.87. The van der Waals surface area contributed by atoms with Crippen LogP contribution in [0.25, 0.3) is 0 Å². The second kappa shape index (κ2) is 6.11. The zero-order valence-electron chi connectivity index (χ0n) is 15.3. The summed E-state index contributed by atoms with van der Waals surface area (Å²) in [7, 11) is 1.72. The molecule has 2 bridgehead atoms. The van der Waals surface area contributed by atoms with Crippen LogP contribution in [0.5, 0.6) is 5.75 Å². The van der Waals surface area contributed by atoms with Crippen LogP contribution in [0.4, 0.5) is 5.69 Å². The molecule has 1 saturated carbocycles. The summed E-state index contributed by atoms with van der Waals surface area (Å²) in [6, 6.07) is 8.47. The number of methoxy groups -OCH3 is 1. The van der Waals surface area contributed by atoms with Crippen molar-refractivity contribution in [1.29, 1.82) is 0 Å². The lowest BCUT2D eigenvalue weighted by Crippen LogP contribution is -2.52. The van der Waals surface area contributed by atoms with Gasteiger partial charge in [-0.3, -0.25) is 4.90 Å². The van der Waals surface area contributed by atoms with E-state index in [0.717, 1.165) is 30.7 Å². The Balaban J connectivity index is 1.32. The third-order valence-corrected chi connectivity index (χ3v) is 6.80. The van der Waals surface area contributed by atoms with Gasteiger partial charge in [-0.1, -0.05) is 25.5 Å². The minimum Gasteiger partial charge on any atom is -0.497 e. The highest BCUT2D eigenvalue weighted by Crippen LogP contribution is 2.59. The van der Waals surface area contributed by atoms with Crippen LogP contribution in [0.1, 0.15) is 26.7 Å². The Kier molecular flexibility index (Phi) is 4.07. The van der Waals surface area contributed by atoms with Gasteiger partial charge in [-0.05, 0) is 54.4 Å². The van der Waals surface area contributed by atoms with Crippen molar-refractivity contribution in [2.75, 3.05) is 44.7 Å². The molecule has 5 rings (SSSR count). The van der Waals surface area contributed by atoms with Gasteiger partial charge in [0, 0.05) is 38.4 Å². The van der Waals surface area contributed by atoms with E-state index in [1.807, 2.05) is 0 Å².